The van der Waals surface area contributed by atoms with E-state index in [9.17, 15) is 0 Å². The van der Waals surface area contributed by atoms with E-state index in [-0.39, 0.29) is 0 Å². The van der Waals surface area contributed by atoms with Crippen LogP contribution in [0.2, 0.25) is 0 Å². The van der Waals surface area contributed by atoms with Crippen LogP contribution in [0, 0.1) is 0 Å². The van der Waals surface area contributed by atoms with E-state index >= 15 is 0 Å². The maximum Gasteiger partial charge on any atom is 0.0274 e. The molecular weight excluding hydrogens is 304 g/mol. The fraction of sp³-hybridized carbons (Fsp3) is 0.667. The Hall–Kier alpha value is 0.440. The third kappa shape index (κ3) is 5.35. The van der Waals surface area contributed by atoms with Crippen LogP contribution in [-0.4, -0.2) is 9.65 Å². The zero-order valence-electron chi connectivity index (χ0n) is 8.46. The van der Waals surface area contributed by atoms with Gasteiger partial charge in [0.1, 0.15) is 0 Å². The molecule has 2 heteroatoms. The van der Waals surface area contributed by atoms with Crippen molar-refractivity contribution in [2.75, 3.05) is 0 Å². The third-order valence-corrected chi connectivity index (χ3v) is 5.35. The van der Waals surface area contributed by atoms with Crippen LogP contribution in [0.5, 0.6) is 0 Å². The zero-order chi connectivity index (χ0) is 10.2. The molecule has 0 heterocycles. The minimum absolute atomic E-state index is 0.611. The van der Waals surface area contributed by atoms with Crippen LogP contribution in [0.3, 0.4) is 0 Å². The molecule has 0 aromatic heterocycles. The summed E-state index contributed by atoms with van der Waals surface area (Å²) in [5.41, 5.74) is 0. The highest BCUT2D eigenvalue weighted by Gasteiger charge is 2.13. The van der Waals surface area contributed by atoms with Crippen LogP contribution in [0.4, 0.5) is 0 Å². The molecule has 1 aliphatic carbocycles. The lowest BCUT2D eigenvalue weighted by Crippen LogP contribution is -2.13. The summed E-state index contributed by atoms with van der Waals surface area (Å²) < 4.78 is 0. The fourth-order valence-electron chi connectivity index (χ4n) is 1.54. The Labute approximate surface area is 104 Å². The van der Waals surface area contributed by atoms with Crippen molar-refractivity contribution in [1.82, 2.24) is 0 Å². The highest BCUT2D eigenvalue weighted by atomic mass is 79.9. The molecule has 1 aliphatic rings. The highest BCUT2D eigenvalue weighted by molar-refractivity contribution is 9.12. The molecule has 0 radical (unpaired) electrons. The van der Waals surface area contributed by atoms with Crippen LogP contribution < -0.4 is 0 Å². The van der Waals surface area contributed by atoms with Gasteiger partial charge in [-0.05, 0) is 38.5 Å². The van der Waals surface area contributed by atoms with E-state index in [0.717, 1.165) is 0 Å². The Bertz CT molecular complexity index is 174. The molecule has 0 nitrogen and oxygen atoms in total. The summed E-state index contributed by atoms with van der Waals surface area (Å²) in [4.78, 5) is 1.22. The summed E-state index contributed by atoms with van der Waals surface area (Å²) in [5.74, 6) is 0. The van der Waals surface area contributed by atoms with Gasteiger partial charge in [-0.25, -0.2) is 0 Å². The maximum absolute atomic E-state index is 3.74. The maximum atomic E-state index is 3.74. The smallest absolute Gasteiger partial charge is 0.0274 e. The number of halogens is 2. The molecule has 0 bridgehead atoms. The van der Waals surface area contributed by atoms with Crippen molar-refractivity contribution in [3.05, 3.63) is 24.3 Å². The first-order chi connectivity index (χ1) is 6.80. The molecule has 80 valence electrons. The number of hydrogen-bond acceptors (Lipinski definition) is 0. The lowest BCUT2D eigenvalue weighted by molar-refractivity contribution is 0.698. The molecule has 0 N–H and O–H groups in total. The summed E-state index contributed by atoms with van der Waals surface area (Å²) in [6.07, 6.45) is 16.5. The Morgan fingerprint density at radius 1 is 0.643 bits per heavy atom. The van der Waals surface area contributed by atoms with E-state index in [1.54, 1.807) is 0 Å². The van der Waals surface area contributed by atoms with Crippen LogP contribution in [0.15, 0.2) is 24.3 Å². The van der Waals surface area contributed by atoms with Crippen molar-refractivity contribution < 1.29 is 0 Å². The Balaban J connectivity index is 2.41. The summed E-state index contributed by atoms with van der Waals surface area (Å²) in [6, 6.07) is 0. The van der Waals surface area contributed by atoms with E-state index in [1.165, 1.54) is 38.5 Å². The second-order valence-corrected chi connectivity index (χ2v) is 6.06. The first-order valence-corrected chi connectivity index (χ1v) is 7.22. The van der Waals surface area contributed by atoms with Crippen molar-refractivity contribution in [3.8, 4) is 0 Å². The summed E-state index contributed by atoms with van der Waals surface area (Å²) in [6.45, 7) is 0. The second kappa shape index (κ2) is 7.70. The minimum atomic E-state index is 0.611. The van der Waals surface area contributed by atoms with E-state index < -0.39 is 0 Å². The predicted molar refractivity (Wildman–Crippen MR) is 71.4 cm³/mol. The lowest BCUT2D eigenvalue weighted by atomic mass is 10.1. The van der Waals surface area contributed by atoms with Gasteiger partial charge in [0.05, 0.1) is 0 Å². The molecule has 0 fully saturated rings. The molecule has 1 rings (SSSR count). The lowest BCUT2D eigenvalue weighted by Gasteiger charge is -2.15. The number of hydrogen-bond donors (Lipinski definition) is 0. The predicted octanol–water partition coefficient (Wildman–Crippen LogP) is 4.98. The largest absolute Gasteiger partial charge is 0.0885 e. The number of allylic oxidation sites excluding steroid dienone is 4. The Kier molecular flexibility index (Phi) is 6.88. The first kappa shape index (κ1) is 12.5. The first-order valence-electron chi connectivity index (χ1n) is 5.39. The van der Waals surface area contributed by atoms with Crippen molar-refractivity contribution in [2.45, 2.75) is 48.2 Å². The highest BCUT2D eigenvalue weighted by Crippen LogP contribution is 2.24. The van der Waals surface area contributed by atoms with Gasteiger partial charge in [-0.2, -0.15) is 0 Å². The molecule has 0 amide bonds. The van der Waals surface area contributed by atoms with Gasteiger partial charge in [0.2, 0.25) is 0 Å². The molecular formula is C12H18Br2. The molecule has 14 heavy (non-hydrogen) atoms. The summed E-state index contributed by atoms with van der Waals surface area (Å²) in [7, 11) is 0. The van der Waals surface area contributed by atoms with E-state index in [4.69, 9.17) is 0 Å². The summed E-state index contributed by atoms with van der Waals surface area (Å²) >= 11 is 7.48. The van der Waals surface area contributed by atoms with Gasteiger partial charge >= 0.3 is 0 Å². The monoisotopic (exact) mass is 320 g/mol. The van der Waals surface area contributed by atoms with E-state index in [2.05, 4.69) is 56.2 Å². The Morgan fingerprint density at radius 2 is 1.00 bits per heavy atom. The summed E-state index contributed by atoms with van der Waals surface area (Å²) in [5, 5.41) is 0. The van der Waals surface area contributed by atoms with Crippen molar-refractivity contribution >= 4 is 31.9 Å². The van der Waals surface area contributed by atoms with Gasteiger partial charge in [0.15, 0.2) is 0 Å². The molecule has 0 spiro atoms. The van der Waals surface area contributed by atoms with Gasteiger partial charge in [0.25, 0.3) is 0 Å². The topological polar surface area (TPSA) is 0 Å². The second-order valence-electron chi connectivity index (χ2n) is 3.71. The normalized spacial score (nSPS) is 35.3. The average Bonchev–Trinajstić information content (AvgIpc) is 2.18. The number of alkyl halides is 2. The number of rotatable bonds is 0. The van der Waals surface area contributed by atoms with Crippen LogP contribution in [0.25, 0.3) is 0 Å². The standard InChI is InChI=1S/C12H18Br2/c13-11-9-7-5-3-1-2-4-6-8-10-12(11)14/h3-6,11-12H,1-2,7-10H2/b5-3-,6-4+/t11-,12+/m1/s1. The van der Waals surface area contributed by atoms with Gasteiger partial charge in [-0.3, -0.25) is 0 Å². The van der Waals surface area contributed by atoms with Gasteiger partial charge < -0.3 is 0 Å². The molecule has 0 saturated heterocycles. The quantitative estimate of drug-likeness (QED) is 0.436. The van der Waals surface area contributed by atoms with Gasteiger partial charge in [-0.1, -0.05) is 56.2 Å². The molecule has 0 aromatic rings. The van der Waals surface area contributed by atoms with Crippen LogP contribution in [0.1, 0.15) is 38.5 Å². The minimum Gasteiger partial charge on any atom is -0.0885 e. The molecule has 0 saturated carbocycles. The van der Waals surface area contributed by atoms with Crippen LogP contribution in [-0.2, 0) is 0 Å². The van der Waals surface area contributed by atoms with Crippen molar-refractivity contribution in [3.63, 3.8) is 0 Å². The average molecular weight is 322 g/mol. The molecule has 2 atom stereocenters. The third-order valence-electron chi connectivity index (χ3n) is 2.44. The van der Waals surface area contributed by atoms with Crippen molar-refractivity contribution in [2.24, 2.45) is 0 Å². The van der Waals surface area contributed by atoms with Gasteiger partial charge in [0, 0.05) is 9.65 Å². The molecule has 0 aromatic carbocycles. The van der Waals surface area contributed by atoms with E-state index in [1.807, 2.05) is 0 Å². The van der Waals surface area contributed by atoms with Crippen LogP contribution >= 0.6 is 31.9 Å². The van der Waals surface area contributed by atoms with Gasteiger partial charge in [-0.15, -0.1) is 0 Å². The molecule has 0 unspecified atom stereocenters. The van der Waals surface area contributed by atoms with Crippen molar-refractivity contribution in [1.29, 1.82) is 0 Å². The Morgan fingerprint density at radius 3 is 1.43 bits per heavy atom. The molecule has 0 aliphatic heterocycles. The fourth-order valence-corrected chi connectivity index (χ4v) is 2.59. The van der Waals surface area contributed by atoms with E-state index in [0.29, 0.717) is 9.65 Å². The SMILES string of the molecule is Br[C@@H]1CC/C=C\CC/C=C/CC[C@@H]1Br. The zero-order valence-corrected chi connectivity index (χ0v) is 11.6.